The van der Waals surface area contributed by atoms with Crippen LogP contribution >= 0.6 is 15.9 Å². The van der Waals surface area contributed by atoms with E-state index in [4.69, 9.17) is 0 Å². The predicted octanol–water partition coefficient (Wildman–Crippen LogP) is 2.60. The molecule has 1 aromatic heterocycles. The molecule has 0 amide bonds. The number of H-pyrrole nitrogens is 1. The summed E-state index contributed by atoms with van der Waals surface area (Å²) in [7, 11) is 0. The second-order valence-corrected chi connectivity index (χ2v) is 4.72. The fourth-order valence-electron chi connectivity index (χ4n) is 1.69. The molecule has 0 spiro atoms. The number of nitrogens with one attached hydrogen (secondary N) is 1. The van der Waals surface area contributed by atoms with Gasteiger partial charge in [-0.3, -0.25) is 9.89 Å². The van der Waals surface area contributed by atoms with Crippen LogP contribution in [0.3, 0.4) is 0 Å². The minimum Gasteiger partial charge on any atom is -0.299 e. The molecule has 0 bridgehead atoms. The monoisotopic (exact) mass is 280 g/mol. The van der Waals surface area contributed by atoms with E-state index in [1.807, 2.05) is 32.0 Å². The van der Waals surface area contributed by atoms with Crippen molar-refractivity contribution in [2.24, 2.45) is 0 Å². The number of benzene rings is 1. The van der Waals surface area contributed by atoms with Gasteiger partial charge in [-0.15, -0.1) is 0 Å². The van der Waals surface area contributed by atoms with Crippen LogP contribution in [0.1, 0.15) is 16.8 Å². The Morgan fingerprint density at radius 2 is 2.12 bits per heavy atom. The van der Waals surface area contributed by atoms with Crippen LogP contribution in [0.15, 0.2) is 33.5 Å². The highest BCUT2D eigenvalue weighted by Gasteiger charge is 2.07. The zero-order valence-corrected chi connectivity index (χ0v) is 10.8. The van der Waals surface area contributed by atoms with Gasteiger partial charge < -0.3 is 0 Å². The largest absolute Gasteiger partial charge is 0.299 e. The molecule has 2 aromatic rings. The normalized spacial score (nSPS) is 10.7. The summed E-state index contributed by atoms with van der Waals surface area (Å²) in [5.74, 6) is 0. The van der Waals surface area contributed by atoms with Crippen LogP contribution in [0.25, 0.3) is 0 Å². The van der Waals surface area contributed by atoms with Gasteiger partial charge in [0.2, 0.25) is 0 Å². The average molecular weight is 281 g/mol. The van der Waals surface area contributed by atoms with Crippen molar-refractivity contribution >= 4 is 15.9 Å². The highest BCUT2D eigenvalue weighted by molar-refractivity contribution is 9.10. The van der Waals surface area contributed by atoms with E-state index in [1.165, 1.54) is 5.56 Å². The van der Waals surface area contributed by atoms with Crippen LogP contribution in [0.2, 0.25) is 0 Å². The summed E-state index contributed by atoms with van der Waals surface area (Å²) in [6, 6.07) is 8.14. The van der Waals surface area contributed by atoms with E-state index in [0.29, 0.717) is 11.0 Å². The lowest BCUT2D eigenvalue weighted by Gasteiger charge is -2.03. The molecule has 1 heterocycles. The van der Waals surface area contributed by atoms with Crippen molar-refractivity contribution in [3.63, 3.8) is 0 Å². The Morgan fingerprint density at radius 1 is 1.38 bits per heavy atom. The first-order chi connectivity index (χ1) is 7.58. The van der Waals surface area contributed by atoms with Gasteiger partial charge in [-0.1, -0.05) is 29.8 Å². The summed E-state index contributed by atoms with van der Waals surface area (Å²) < 4.78 is 2.22. The molecule has 1 N–H and O–H groups in total. The van der Waals surface area contributed by atoms with E-state index >= 15 is 0 Å². The number of aryl methyl sites for hydroxylation is 2. The molecule has 0 radical (unpaired) electrons. The van der Waals surface area contributed by atoms with Crippen LogP contribution in [0.5, 0.6) is 0 Å². The number of aromatic amines is 1. The average Bonchev–Trinajstić information content (AvgIpc) is 2.47. The Kier molecular flexibility index (Phi) is 3.01. The van der Waals surface area contributed by atoms with Gasteiger partial charge in [0.05, 0.1) is 6.54 Å². The molecule has 16 heavy (non-hydrogen) atoms. The van der Waals surface area contributed by atoms with Gasteiger partial charge in [0.25, 0.3) is 5.56 Å². The molecule has 0 saturated carbocycles. The van der Waals surface area contributed by atoms with Gasteiger partial charge >= 0.3 is 0 Å². The van der Waals surface area contributed by atoms with Gasteiger partial charge in [0.15, 0.2) is 0 Å². The summed E-state index contributed by atoms with van der Waals surface area (Å²) in [6.07, 6.45) is 0. The summed E-state index contributed by atoms with van der Waals surface area (Å²) in [5.41, 5.74) is 3.17. The third kappa shape index (κ3) is 2.11. The zero-order valence-electron chi connectivity index (χ0n) is 9.25. The first-order valence-electron chi connectivity index (χ1n) is 5.08. The Morgan fingerprint density at radius 3 is 2.69 bits per heavy atom. The van der Waals surface area contributed by atoms with Crippen molar-refractivity contribution in [2.45, 2.75) is 20.4 Å². The van der Waals surface area contributed by atoms with E-state index < -0.39 is 0 Å². The second-order valence-electron chi connectivity index (χ2n) is 3.93. The maximum Gasteiger partial charge on any atom is 0.281 e. The number of rotatable bonds is 2. The van der Waals surface area contributed by atoms with Crippen molar-refractivity contribution in [2.75, 3.05) is 0 Å². The van der Waals surface area contributed by atoms with Gasteiger partial charge in [-0.2, -0.15) is 0 Å². The van der Waals surface area contributed by atoms with Gasteiger partial charge in [-0.05, 0) is 35.3 Å². The van der Waals surface area contributed by atoms with Crippen molar-refractivity contribution in [3.8, 4) is 0 Å². The highest BCUT2D eigenvalue weighted by atomic mass is 79.9. The van der Waals surface area contributed by atoms with Gasteiger partial charge in [0, 0.05) is 5.69 Å². The maximum atomic E-state index is 11.8. The number of nitrogens with zero attached hydrogens (tertiary/aromatic N) is 1. The SMILES string of the molecule is Cc1cccc(Cn2[nH]c(C)c(Br)c2=O)c1. The third-order valence-corrected chi connectivity index (χ3v) is 3.42. The molecule has 1 aromatic carbocycles. The lowest BCUT2D eigenvalue weighted by atomic mass is 10.1. The van der Waals surface area contributed by atoms with E-state index in [9.17, 15) is 4.79 Å². The highest BCUT2D eigenvalue weighted by Crippen LogP contribution is 2.09. The Bertz CT molecular complexity index is 569. The first kappa shape index (κ1) is 11.2. The van der Waals surface area contributed by atoms with Crippen LogP contribution < -0.4 is 5.56 Å². The minimum absolute atomic E-state index is 0.0148. The lowest BCUT2D eigenvalue weighted by Crippen LogP contribution is -2.17. The summed E-state index contributed by atoms with van der Waals surface area (Å²) >= 11 is 3.26. The molecular formula is C12H13BrN2O. The van der Waals surface area contributed by atoms with Crippen LogP contribution in [-0.4, -0.2) is 9.78 Å². The summed E-state index contributed by atoms with van der Waals surface area (Å²) in [4.78, 5) is 11.8. The quantitative estimate of drug-likeness (QED) is 0.902. The van der Waals surface area contributed by atoms with Crippen molar-refractivity contribution < 1.29 is 0 Å². The standard InChI is InChI=1S/C12H13BrN2O/c1-8-4-3-5-10(6-8)7-15-12(16)11(13)9(2)14-15/h3-6,14H,7H2,1-2H3. The van der Waals surface area contributed by atoms with Crippen LogP contribution in [-0.2, 0) is 6.54 Å². The molecular weight excluding hydrogens is 268 g/mol. The molecule has 0 fully saturated rings. The molecule has 0 unspecified atom stereocenters. The molecule has 0 aliphatic carbocycles. The van der Waals surface area contributed by atoms with E-state index in [1.54, 1.807) is 4.68 Å². The lowest BCUT2D eigenvalue weighted by molar-refractivity contribution is 0.657. The van der Waals surface area contributed by atoms with Crippen LogP contribution in [0, 0.1) is 13.8 Å². The Labute approximate surface area is 102 Å². The van der Waals surface area contributed by atoms with E-state index in [-0.39, 0.29) is 5.56 Å². The molecule has 0 saturated heterocycles. The fraction of sp³-hybridized carbons (Fsp3) is 0.250. The topological polar surface area (TPSA) is 37.8 Å². The number of aromatic nitrogens is 2. The molecule has 0 aliphatic heterocycles. The maximum absolute atomic E-state index is 11.8. The van der Waals surface area contributed by atoms with Crippen LogP contribution in [0.4, 0.5) is 0 Å². The third-order valence-electron chi connectivity index (χ3n) is 2.49. The number of hydrogen-bond acceptors (Lipinski definition) is 1. The minimum atomic E-state index is -0.0148. The second kappa shape index (κ2) is 4.29. The fourth-order valence-corrected chi connectivity index (χ4v) is 1.99. The Balaban J connectivity index is 2.34. The van der Waals surface area contributed by atoms with Gasteiger partial charge in [-0.25, -0.2) is 4.68 Å². The molecule has 3 nitrogen and oxygen atoms in total. The first-order valence-corrected chi connectivity index (χ1v) is 5.87. The molecule has 2 rings (SSSR count). The predicted molar refractivity (Wildman–Crippen MR) is 67.8 cm³/mol. The van der Waals surface area contributed by atoms with E-state index in [2.05, 4.69) is 27.1 Å². The molecule has 0 aliphatic rings. The number of hydrogen-bond donors (Lipinski definition) is 1. The van der Waals surface area contributed by atoms with E-state index in [0.717, 1.165) is 11.3 Å². The Hall–Kier alpha value is -1.29. The van der Waals surface area contributed by atoms with Gasteiger partial charge in [0.1, 0.15) is 4.47 Å². The molecule has 0 atom stereocenters. The summed E-state index contributed by atoms with van der Waals surface area (Å²) in [5, 5.41) is 3.04. The molecule has 4 heteroatoms. The smallest absolute Gasteiger partial charge is 0.281 e. The zero-order chi connectivity index (χ0) is 11.7. The number of halogens is 1. The summed E-state index contributed by atoms with van der Waals surface area (Å²) in [6.45, 7) is 4.49. The van der Waals surface area contributed by atoms with Crippen molar-refractivity contribution in [3.05, 3.63) is 55.9 Å². The van der Waals surface area contributed by atoms with Crippen molar-refractivity contribution in [1.29, 1.82) is 0 Å². The molecule has 84 valence electrons. The van der Waals surface area contributed by atoms with Crippen molar-refractivity contribution in [1.82, 2.24) is 9.78 Å².